The molecular weight excluding hydrogens is 266 g/mol. The number of alkyl halides is 4. The van der Waals surface area contributed by atoms with Crippen molar-refractivity contribution in [2.45, 2.75) is 57.0 Å². The highest BCUT2D eigenvalue weighted by atomic mass is 19.3. The number of carbonyl (C=O) groups excluding carboxylic acids is 1. The number of hydrogen-bond acceptors (Lipinski definition) is 2. The summed E-state index contributed by atoms with van der Waals surface area (Å²) in [4.78, 5) is 11.0. The van der Waals surface area contributed by atoms with Crippen LogP contribution in [-0.2, 0) is 4.79 Å². The summed E-state index contributed by atoms with van der Waals surface area (Å²) in [6.07, 6.45) is -0.815. The van der Waals surface area contributed by atoms with Crippen molar-refractivity contribution in [1.29, 1.82) is 0 Å². The Bertz CT molecular complexity index is 315. The van der Waals surface area contributed by atoms with Gasteiger partial charge in [0.15, 0.2) is 0 Å². The molecule has 0 spiro atoms. The Labute approximate surface area is 109 Å². The van der Waals surface area contributed by atoms with Gasteiger partial charge >= 0.3 is 12.3 Å². The molecule has 0 aromatic heterocycles. The summed E-state index contributed by atoms with van der Waals surface area (Å²) in [5.74, 6) is -6.26. The predicted octanol–water partition coefficient (Wildman–Crippen LogP) is 2.33. The highest BCUT2D eigenvalue weighted by Crippen LogP contribution is 2.33. The van der Waals surface area contributed by atoms with E-state index in [1.165, 1.54) is 0 Å². The van der Waals surface area contributed by atoms with Crippen LogP contribution in [0, 0.1) is 5.92 Å². The van der Waals surface area contributed by atoms with Crippen molar-refractivity contribution in [3.05, 3.63) is 0 Å². The SMILES string of the molecule is CCC1CCC(O)(CNC(=O)C(F)(F)C(F)F)CC1. The fraction of sp³-hybridized carbons (Fsp3) is 0.917. The molecule has 7 heteroatoms. The van der Waals surface area contributed by atoms with Gasteiger partial charge in [0.05, 0.1) is 5.60 Å². The van der Waals surface area contributed by atoms with Crippen molar-refractivity contribution in [3.8, 4) is 0 Å². The molecule has 0 bridgehead atoms. The van der Waals surface area contributed by atoms with E-state index < -0.39 is 30.4 Å². The minimum atomic E-state index is -4.71. The second kappa shape index (κ2) is 6.07. The van der Waals surface area contributed by atoms with Gasteiger partial charge in [-0.25, -0.2) is 8.78 Å². The lowest BCUT2D eigenvalue weighted by atomic mass is 9.78. The number of halogens is 4. The van der Waals surface area contributed by atoms with Crippen molar-refractivity contribution in [1.82, 2.24) is 5.32 Å². The van der Waals surface area contributed by atoms with Gasteiger partial charge in [0.2, 0.25) is 0 Å². The van der Waals surface area contributed by atoms with E-state index in [0.29, 0.717) is 18.8 Å². The Morgan fingerprint density at radius 3 is 2.37 bits per heavy atom. The summed E-state index contributed by atoms with van der Waals surface area (Å²) in [6.45, 7) is 1.62. The van der Waals surface area contributed by atoms with Gasteiger partial charge in [-0.2, -0.15) is 8.78 Å². The molecule has 0 atom stereocenters. The van der Waals surface area contributed by atoms with Gasteiger partial charge in [0, 0.05) is 6.54 Å². The third-order valence-corrected chi connectivity index (χ3v) is 3.77. The highest BCUT2D eigenvalue weighted by molar-refractivity contribution is 5.83. The fourth-order valence-electron chi connectivity index (χ4n) is 2.26. The monoisotopic (exact) mass is 285 g/mol. The van der Waals surface area contributed by atoms with Gasteiger partial charge in [-0.15, -0.1) is 0 Å². The first-order valence-corrected chi connectivity index (χ1v) is 6.38. The highest BCUT2D eigenvalue weighted by Gasteiger charge is 2.49. The van der Waals surface area contributed by atoms with Crippen molar-refractivity contribution in [2.75, 3.05) is 6.54 Å². The molecule has 19 heavy (non-hydrogen) atoms. The maximum Gasteiger partial charge on any atom is 0.383 e. The van der Waals surface area contributed by atoms with Crippen molar-refractivity contribution >= 4 is 5.91 Å². The van der Waals surface area contributed by atoms with E-state index in [2.05, 4.69) is 0 Å². The topological polar surface area (TPSA) is 49.3 Å². The molecule has 3 nitrogen and oxygen atoms in total. The smallest absolute Gasteiger partial charge is 0.383 e. The molecule has 112 valence electrons. The molecule has 0 aliphatic heterocycles. The van der Waals surface area contributed by atoms with Gasteiger partial charge in [-0.05, 0) is 31.6 Å². The van der Waals surface area contributed by atoms with Crippen LogP contribution >= 0.6 is 0 Å². The molecule has 0 saturated heterocycles. The van der Waals surface area contributed by atoms with Crippen LogP contribution in [0.2, 0.25) is 0 Å². The first kappa shape index (κ1) is 16.2. The summed E-state index contributed by atoms with van der Waals surface area (Å²) >= 11 is 0. The number of rotatable bonds is 5. The van der Waals surface area contributed by atoms with Crippen LogP contribution in [0.3, 0.4) is 0 Å². The quantitative estimate of drug-likeness (QED) is 0.762. The van der Waals surface area contributed by atoms with Crippen LogP contribution in [-0.4, -0.2) is 35.5 Å². The van der Waals surface area contributed by atoms with E-state index in [9.17, 15) is 27.5 Å². The van der Waals surface area contributed by atoms with Crippen molar-refractivity contribution in [2.24, 2.45) is 5.92 Å². The van der Waals surface area contributed by atoms with Crippen molar-refractivity contribution in [3.63, 3.8) is 0 Å². The average molecular weight is 285 g/mol. The average Bonchev–Trinajstić information content (AvgIpc) is 2.36. The van der Waals surface area contributed by atoms with Gasteiger partial charge in [0.25, 0.3) is 5.91 Å². The van der Waals surface area contributed by atoms with Crippen molar-refractivity contribution < 1.29 is 27.5 Å². The van der Waals surface area contributed by atoms with Crippen LogP contribution < -0.4 is 5.32 Å². The van der Waals surface area contributed by atoms with Crippen LogP contribution in [0.4, 0.5) is 17.6 Å². The standard InChI is InChI=1S/C12H19F4NO2/c1-2-8-3-5-11(19,6-4-8)7-17-10(18)12(15,16)9(13)14/h8-9,19H,2-7H2,1H3,(H,17,18). The second-order valence-corrected chi connectivity index (χ2v) is 5.18. The summed E-state index contributed by atoms with van der Waals surface area (Å²) in [5.41, 5.74) is -1.26. The van der Waals surface area contributed by atoms with E-state index in [1.807, 2.05) is 6.92 Å². The molecule has 0 radical (unpaired) electrons. The minimum Gasteiger partial charge on any atom is -0.388 e. The molecule has 0 aromatic carbocycles. The zero-order valence-electron chi connectivity index (χ0n) is 10.8. The Hall–Kier alpha value is -0.850. The Balaban J connectivity index is 2.46. The van der Waals surface area contributed by atoms with E-state index in [0.717, 1.165) is 19.3 Å². The van der Waals surface area contributed by atoms with E-state index >= 15 is 0 Å². The van der Waals surface area contributed by atoms with Gasteiger partial charge in [0.1, 0.15) is 0 Å². The first-order chi connectivity index (χ1) is 8.71. The molecule has 0 aromatic rings. The molecule has 1 aliphatic carbocycles. The van der Waals surface area contributed by atoms with Gasteiger partial charge in [-0.3, -0.25) is 4.79 Å². The fourth-order valence-corrected chi connectivity index (χ4v) is 2.26. The molecule has 1 fully saturated rings. The Morgan fingerprint density at radius 2 is 1.95 bits per heavy atom. The molecule has 0 unspecified atom stereocenters. The summed E-state index contributed by atoms with van der Waals surface area (Å²) in [6, 6.07) is 0. The zero-order valence-corrected chi connectivity index (χ0v) is 10.8. The third-order valence-electron chi connectivity index (χ3n) is 3.77. The number of amides is 1. The number of hydrogen-bond donors (Lipinski definition) is 2. The molecule has 1 rings (SSSR count). The first-order valence-electron chi connectivity index (χ1n) is 6.38. The third kappa shape index (κ3) is 4.06. The lowest BCUT2D eigenvalue weighted by Crippen LogP contribution is -2.51. The Kier molecular flexibility index (Phi) is 5.18. The zero-order chi connectivity index (χ0) is 14.7. The van der Waals surface area contributed by atoms with E-state index in [1.54, 1.807) is 5.32 Å². The molecular formula is C12H19F4NO2. The predicted molar refractivity (Wildman–Crippen MR) is 61.2 cm³/mol. The molecule has 1 saturated carbocycles. The van der Waals surface area contributed by atoms with E-state index in [4.69, 9.17) is 0 Å². The second-order valence-electron chi connectivity index (χ2n) is 5.18. The number of nitrogens with one attached hydrogen (secondary N) is 1. The Morgan fingerprint density at radius 1 is 1.42 bits per heavy atom. The van der Waals surface area contributed by atoms with Crippen LogP contribution in [0.5, 0.6) is 0 Å². The van der Waals surface area contributed by atoms with Crippen LogP contribution in [0.15, 0.2) is 0 Å². The molecule has 2 N–H and O–H groups in total. The minimum absolute atomic E-state index is 0.381. The van der Waals surface area contributed by atoms with Gasteiger partial charge < -0.3 is 10.4 Å². The maximum absolute atomic E-state index is 12.7. The molecule has 0 heterocycles. The lowest BCUT2D eigenvalue weighted by molar-refractivity contribution is -0.170. The van der Waals surface area contributed by atoms with Crippen LogP contribution in [0.1, 0.15) is 39.0 Å². The molecule has 1 amide bonds. The normalized spacial score (nSPS) is 28.5. The summed E-state index contributed by atoms with van der Waals surface area (Å²) in [5, 5.41) is 11.8. The van der Waals surface area contributed by atoms with Crippen LogP contribution in [0.25, 0.3) is 0 Å². The number of carbonyl (C=O) groups is 1. The maximum atomic E-state index is 12.7. The summed E-state index contributed by atoms with van der Waals surface area (Å²) < 4.78 is 49.3. The largest absolute Gasteiger partial charge is 0.388 e. The van der Waals surface area contributed by atoms with E-state index in [-0.39, 0.29) is 0 Å². The number of aliphatic hydroxyl groups is 1. The summed E-state index contributed by atoms with van der Waals surface area (Å²) in [7, 11) is 0. The lowest BCUT2D eigenvalue weighted by Gasteiger charge is -2.36. The van der Waals surface area contributed by atoms with Gasteiger partial charge in [-0.1, -0.05) is 13.3 Å². The molecule has 1 aliphatic rings.